The largest absolute Gasteiger partial charge is 0.489 e. The maximum absolute atomic E-state index is 12.5. The highest BCUT2D eigenvalue weighted by Crippen LogP contribution is 2.21. The smallest absolute Gasteiger partial charge is 0.322 e. The van der Waals surface area contributed by atoms with Crippen LogP contribution in [-0.4, -0.2) is 43.4 Å². The van der Waals surface area contributed by atoms with Crippen LogP contribution in [0, 0.1) is 0 Å². The zero-order valence-electron chi connectivity index (χ0n) is 15.3. The number of carbonyl (C=O) groups excluding carboxylic acids is 1. The number of hydrogen-bond donors (Lipinski definition) is 1. The minimum Gasteiger partial charge on any atom is -0.489 e. The topological polar surface area (TPSA) is 75.7 Å². The molecule has 2 amide bonds. The Morgan fingerprint density at radius 3 is 2.44 bits per heavy atom. The van der Waals surface area contributed by atoms with Gasteiger partial charge in [0.15, 0.2) is 9.84 Å². The summed E-state index contributed by atoms with van der Waals surface area (Å²) in [5, 5.41) is 2.83. The lowest BCUT2D eigenvalue weighted by Crippen LogP contribution is -2.43. The van der Waals surface area contributed by atoms with E-state index in [1.54, 1.807) is 29.2 Å². The number of amides is 2. The second-order valence-corrected chi connectivity index (χ2v) is 8.80. The van der Waals surface area contributed by atoms with E-state index in [1.165, 1.54) is 0 Å². The SMILES string of the molecule is CCN(C(=O)Nc1ccc(OCc2ccccc2)cc1)C1CCS(=O)(=O)C1. The number of urea groups is 1. The molecule has 0 aliphatic carbocycles. The summed E-state index contributed by atoms with van der Waals surface area (Å²) in [6, 6.07) is 16.5. The first-order chi connectivity index (χ1) is 13.0. The molecule has 3 rings (SSSR count). The van der Waals surface area contributed by atoms with Gasteiger partial charge in [0.25, 0.3) is 0 Å². The van der Waals surface area contributed by atoms with Gasteiger partial charge in [-0.1, -0.05) is 30.3 Å². The summed E-state index contributed by atoms with van der Waals surface area (Å²) < 4.78 is 29.1. The molecule has 0 spiro atoms. The summed E-state index contributed by atoms with van der Waals surface area (Å²) in [6.45, 7) is 2.79. The van der Waals surface area contributed by atoms with Gasteiger partial charge in [0, 0.05) is 18.3 Å². The molecule has 0 aromatic heterocycles. The Hall–Kier alpha value is -2.54. The molecular weight excluding hydrogens is 364 g/mol. The first-order valence-corrected chi connectivity index (χ1v) is 10.8. The second kappa shape index (κ2) is 8.43. The van der Waals surface area contributed by atoms with Crippen LogP contribution in [0.5, 0.6) is 5.75 Å². The summed E-state index contributed by atoms with van der Waals surface area (Å²) in [5.74, 6) is 0.904. The lowest BCUT2D eigenvalue weighted by molar-refractivity contribution is 0.197. The van der Waals surface area contributed by atoms with Crippen molar-refractivity contribution in [2.45, 2.75) is 26.0 Å². The number of ether oxygens (including phenoxy) is 1. The molecule has 27 heavy (non-hydrogen) atoms. The standard InChI is InChI=1S/C20H24N2O4S/c1-2-22(18-12-13-27(24,25)15-18)20(23)21-17-8-10-19(11-9-17)26-14-16-6-4-3-5-7-16/h3-11,18H,2,12-15H2,1H3,(H,21,23). The fourth-order valence-corrected chi connectivity index (χ4v) is 4.89. The molecular formula is C20H24N2O4S. The molecule has 1 atom stereocenters. The van der Waals surface area contributed by atoms with E-state index in [1.807, 2.05) is 37.3 Å². The van der Waals surface area contributed by atoms with Crippen molar-refractivity contribution in [3.05, 3.63) is 60.2 Å². The summed E-state index contributed by atoms with van der Waals surface area (Å²) >= 11 is 0. The third-order valence-electron chi connectivity index (χ3n) is 4.60. The summed E-state index contributed by atoms with van der Waals surface area (Å²) in [6.07, 6.45) is 0.496. The number of nitrogens with one attached hydrogen (secondary N) is 1. The number of sulfone groups is 1. The molecule has 1 N–H and O–H groups in total. The molecule has 0 saturated carbocycles. The second-order valence-electron chi connectivity index (χ2n) is 6.57. The predicted molar refractivity (Wildman–Crippen MR) is 106 cm³/mol. The summed E-state index contributed by atoms with van der Waals surface area (Å²) in [5.41, 5.74) is 1.73. The molecule has 0 radical (unpaired) electrons. The van der Waals surface area contributed by atoms with E-state index in [0.29, 0.717) is 31.0 Å². The number of rotatable bonds is 6. The van der Waals surface area contributed by atoms with Crippen LogP contribution in [0.4, 0.5) is 10.5 Å². The number of benzene rings is 2. The van der Waals surface area contributed by atoms with Crippen molar-refractivity contribution in [1.29, 1.82) is 0 Å². The number of nitrogens with zero attached hydrogens (tertiary/aromatic N) is 1. The van der Waals surface area contributed by atoms with E-state index in [2.05, 4.69) is 5.32 Å². The van der Waals surface area contributed by atoms with Gasteiger partial charge in [-0.05, 0) is 43.2 Å². The first kappa shape index (κ1) is 19.2. The molecule has 1 heterocycles. The Labute approximate surface area is 160 Å². The van der Waals surface area contributed by atoms with Crippen molar-refractivity contribution < 1.29 is 17.9 Å². The maximum atomic E-state index is 12.5. The van der Waals surface area contributed by atoms with Crippen molar-refractivity contribution in [2.75, 3.05) is 23.4 Å². The van der Waals surface area contributed by atoms with Gasteiger partial charge >= 0.3 is 6.03 Å². The Morgan fingerprint density at radius 1 is 1.15 bits per heavy atom. The van der Waals surface area contributed by atoms with Crippen LogP contribution in [0.1, 0.15) is 18.9 Å². The minimum absolute atomic E-state index is 0.0422. The highest BCUT2D eigenvalue weighted by atomic mass is 32.2. The average molecular weight is 388 g/mol. The molecule has 7 heteroatoms. The van der Waals surface area contributed by atoms with Crippen LogP contribution in [0.3, 0.4) is 0 Å². The number of anilines is 1. The summed E-state index contributed by atoms with van der Waals surface area (Å²) in [7, 11) is -3.03. The first-order valence-electron chi connectivity index (χ1n) is 9.01. The van der Waals surface area contributed by atoms with E-state index in [0.717, 1.165) is 5.56 Å². The van der Waals surface area contributed by atoms with E-state index < -0.39 is 9.84 Å². The number of hydrogen-bond acceptors (Lipinski definition) is 4. The maximum Gasteiger partial charge on any atom is 0.322 e. The van der Waals surface area contributed by atoms with Crippen molar-refractivity contribution in [3.63, 3.8) is 0 Å². The molecule has 144 valence electrons. The van der Waals surface area contributed by atoms with Crippen molar-refractivity contribution >= 4 is 21.6 Å². The fraction of sp³-hybridized carbons (Fsp3) is 0.350. The van der Waals surface area contributed by atoms with Gasteiger partial charge in [0.2, 0.25) is 0 Å². The molecule has 6 nitrogen and oxygen atoms in total. The highest BCUT2D eigenvalue weighted by molar-refractivity contribution is 7.91. The van der Waals surface area contributed by atoms with Crippen molar-refractivity contribution in [2.24, 2.45) is 0 Å². The normalized spacial score (nSPS) is 18.0. The molecule has 1 aliphatic heterocycles. The van der Waals surface area contributed by atoms with Gasteiger partial charge in [-0.25, -0.2) is 13.2 Å². The van der Waals surface area contributed by atoms with Crippen molar-refractivity contribution in [1.82, 2.24) is 4.90 Å². The quantitative estimate of drug-likeness (QED) is 0.824. The molecule has 1 fully saturated rings. The minimum atomic E-state index is -3.03. The molecule has 0 bridgehead atoms. The third kappa shape index (κ3) is 5.23. The van der Waals surface area contributed by atoms with E-state index in [-0.39, 0.29) is 23.6 Å². The van der Waals surface area contributed by atoms with Gasteiger partial charge in [0.1, 0.15) is 12.4 Å². The van der Waals surface area contributed by atoms with Gasteiger partial charge in [-0.3, -0.25) is 0 Å². The lowest BCUT2D eigenvalue weighted by Gasteiger charge is -2.27. The van der Waals surface area contributed by atoms with E-state index in [9.17, 15) is 13.2 Å². The average Bonchev–Trinajstić information content (AvgIpc) is 3.02. The Bertz CT molecular complexity index is 867. The summed E-state index contributed by atoms with van der Waals surface area (Å²) in [4.78, 5) is 14.1. The van der Waals surface area contributed by atoms with Crippen LogP contribution in [0.15, 0.2) is 54.6 Å². The van der Waals surface area contributed by atoms with Gasteiger partial charge < -0.3 is 15.0 Å². The fourth-order valence-electron chi connectivity index (χ4n) is 3.16. The third-order valence-corrected chi connectivity index (χ3v) is 6.35. The van der Waals surface area contributed by atoms with Gasteiger partial charge in [-0.2, -0.15) is 0 Å². The molecule has 1 saturated heterocycles. The molecule has 1 aliphatic rings. The van der Waals surface area contributed by atoms with Crippen LogP contribution in [0.2, 0.25) is 0 Å². The van der Waals surface area contributed by atoms with Crippen molar-refractivity contribution in [3.8, 4) is 5.75 Å². The van der Waals surface area contributed by atoms with Crippen LogP contribution >= 0.6 is 0 Å². The van der Waals surface area contributed by atoms with E-state index in [4.69, 9.17) is 4.74 Å². The predicted octanol–water partition coefficient (Wildman–Crippen LogP) is 3.31. The molecule has 2 aromatic carbocycles. The number of carbonyl (C=O) groups is 1. The molecule has 1 unspecified atom stereocenters. The lowest BCUT2D eigenvalue weighted by atomic mass is 10.2. The van der Waals surface area contributed by atoms with Gasteiger partial charge in [-0.15, -0.1) is 0 Å². The van der Waals surface area contributed by atoms with Crippen LogP contribution < -0.4 is 10.1 Å². The van der Waals surface area contributed by atoms with Crippen LogP contribution in [-0.2, 0) is 16.4 Å². The van der Waals surface area contributed by atoms with Crippen LogP contribution in [0.25, 0.3) is 0 Å². The highest BCUT2D eigenvalue weighted by Gasteiger charge is 2.33. The Balaban J connectivity index is 1.56. The zero-order valence-corrected chi connectivity index (χ0v) is 16.1. The Kier molecular flexibility index (Phi) is 6.01. The Morgan fingerprint density at radius 2 is 1.85 bits per heavy atom. The van der Waals surface area contributed by atoms with E-state index >= 15 is 0 Å². The van der Waals surface area contributed by atoms with Gasteiger partial charge in [0.05, 0.1) is 11.5 Å². The monoisotopic (exact) mass is 388 g/mol. The zero-order chi connectivity index (χ0) is 19.3. The molecule has 2 aromatic rings.